The molecule has 1 aromatic rings. The summed E-state index contributed by atoms with van der Waals surface area (Å²) in [4.78, 5) is 0.561. The zero-order valence-corrected chi connectivity index (χ0v) is 11.5. The van der Waals surface area contributed by atoms with E-state index in [1.54, 1.807) is 6.07 Å². The molecule has 16 heavy (non-hydrogen) atoms. The Hall–Kier alpha value is -0.370. The van der Waals surface area contributed by atoms with Crippen LogP contribution in [0.1, 0.15) is 48.3 Å². The van der Waals surface area contributed by atoms with Gasteiger partial charge in [0.05, 0.1) is 0 Å². The third kappa shape index (κ3) is 2.48. The molecule has 1 aliphatic carbocycles. The standard InChI is InChI=1S/C14H18BrF/c1-9-6-10(2)14(13(16)7-9)11-4-3-5-12(15)8-11/h6-7,11-12H,3-5,8H2,1-2H3. The molecule has 2 atom stereocenters. The molecule has 0 aliphatic heterocycles. The highest BCUT2D eigenvalue weighted by Gasteiger charge is 2.25. The lowest BCUT2D eigenvalue weighted by molar-refractivity contribution is 0.440. The number of hydrogen-bond acceptors (Lipinski definition) is 0. The van der Waals surface area contributed by atoms with Crippen molar-refractivity contribution in [2.24, 2.45) is 0 Å². The second kappa shape index (κ2) is 4.87. The Balaban J connectivity index is 2.32. The zero-order chi connectivity index (χ0) is 11.7. The van der Waals surface area contributed by atoms with Crippen molar-refractivity contribution in [1.29, 1.82) is 0 Å². The SMILES string of the molecule is Cc1cc(C)c(C2CCCC(Br)C2)c(F)c1. The van der Waals surface area contributed by atoms with Crippen LogP contribution >= 0.6 is 15.9 Å². The van der Waals surface area contributed by atoms with Gasteiger partial charge in [0.2, 0.25) is 0 Å². The Labute approximate surface area is 105 Å². The van der Waals surface area contributed by atoms with Crippen LogP contribution in [-0.4, -0.2) is 4.83 Å². The van der Waals surface area contributed by atoms with E-state index in [4.69, 9.17) is 0 Å². The van der Waals surface area contributed by atoms with Crippen molar-refractivity contribution in [3.8, 4) is 0 Å². The molecule has 0 bridgehead atoms. The highest BCUT2D eigenvalue weighted by atomic mass is 79.9. The van der Waals surface area contributed by atoms with Gasteiger partial charge in [-0.25, -0.2) is 4.39 Å². The number of aryl methyl sites for hydroxylation is 2. The minimum atomic E-state index is -0.0101. The fourth-order valence-corrected chi connectivity index (χ4v) is 3.61. The summed E-state index contributed by atoms with van der Waals surface area (Å²) < 4.78 is 14.0. The lowest BCUT2D eigenvalue weighted by atomic mass is 9.81. The Morgan fingerprint density at radius 1 is 1.25 bits per heavy atom. The van der Waals surface area contributed by atoms with E-state index in [0.29, 0.717) is 10.7 Å². The topological polar surface area (TPSA) is 0 Å². The van der Waals surface area contributed by atoms with Gasteiger partial charge in [-0.2, -0.15) is 0 Å². The summed E-state index contributed by atoms with van der Waals surface area (Å²) >= 11 is 3.67. The van der Waals surface area contributed by atoms with Crippen LogP contribution in [0.2, 0.25) is 0 Å². The summed E-state index contributed by atoms with van der Waals surface area (Å²) in [5.41, 5.74) is 3.09. The van der Waals surface area contributed by atoms with Gasteiger partial charge in [-0.1, -0.05) is 28.4 Å². The molecule has 88 valence electrons. The third-order valence-electron chi connectivity index (χ3n) is 3.50. The number of hydrogen-bond donors (Lipinski definition) is 0. The molecule has 1 aliphatic rings. The molecular weight excluding hydrogens is 267 g/mol. The second-order valence-corrected chi connectivity index (χ2v) is 6.23. The summed E-state index contributed by atoms with van der Waals surface area (Å²) in [6.07, 6.45) is 4.63. The predicted molar refractivity (Wildman–Crippen MR) is 69.8 cm³/mol. The summed E-state index contributed by atoms with van der Waals surface area (Å²) in [5, 5.41) is 0. The first-order chi connectivity index (χ1) is 7.58. The van der Waals surface area contributed by atoms with Gasteiger partial charge in [0.25, 0.3) is 0 Å². The van der Waals surface area contributed by atoms with Gasteiger partial charge in [0.15, 0.2) is 0 Å². The van der Waals surface area contributed by atoms with E-state index in [9.17, 15) is 4.39 Å². The van der Waals surface area contributed by atoms with E-state index in [2.05, 4.69) is 22.0 Å². The second-order valence-electron chi connectivity index (χ2n) is 4.94. The van der Waals surface area contributed by atoms with Crippen molar-refractivity contribution in [3.05, 3.63) is 34.6 Å². The van der Waals surface area contributed by atoms with Crippen molar-refractivity contribution in [2.45, 2.75) is 50.3 Å². The minimum Gasteiger partial charge on any atom is -0.207 e. The molecule has 0 N–H and O–H groups in total. The Bertz CT molecular complexity index is 363. The first-order valence-electron chi connectivity index (χ1n) is 5.98. The number of halogens is 2. The Morgan fingerprint density at radius 2 is 2.00 bits per heavy atom. The molecule has 0 nitrogen and oxygen atoms in total. The molecule has 1 fully saturated rings. The lowest BCUT2D eigenvalue weighted by Crippen LogP contribution is -2.15. The average molecular weight is 285 g/mol. The summed E-state index contributed by atoms with van der Waals surface area (Å²) in [7, 11) is 0. The average Bonchev–Trinajstić information content (AvgIpc) is 2.15. The highest BCUT2D eigenvalue weighted by molar-refractivity contribution is 9.09. The van der Waals surface area contributed by atoms with Crippen molar-refractivity contribution in [2.75, 3.05) is 0 Å². The van der Waals surface area contributed by atoms with Gasteiger partial charge in [-0.15, -0.1) is 0 Å². The fraction of sp³-hybridized carbons (Fsp3) is 0.571. The van der Waals surface area contributed by atoms with Crippen LogP contribution in [0, 0.1) is 19.7 Å². The van der Waals surface area contributed by atoms with Crippen molar-refractivity contribution in [3.63, 3.8) is 0 Å². The van der Waals surface area contributed by atoms with E-state index in [0.717, 1.165) is 29.5 Å². The third-order valence-corrected chi connectivity index (χ3v) is 4.33. The quantitative estimate of drug-likeness (QED) is 0.646. The van der Waals surface area contributed by atoms with Crippen molar-refractivity contribution >= 4 is 15.9 Å². The summed E-state index contributed by atoms with van der Waals surface area (Å²) in [6.45, 7) is 3.98. The number of rotatable bonds is 1. The molecule has 0 radical (unpaired) electrons. The highest BCUT2D eigenvalue weighted by Crippen LogP contribution is 2.38. The minimum absolute atomic E-state index is 0.0101. The maximum Gasteiger partial charge on any atom is 0.127 e. The van der Waals surface area contributed by atoms with Crippen LogP contribution in [0.4, 0.5) is 4.39 Å². The maximum absolute atomic E-state index is 14.0. The van der Waals surface area contributed by atoms with E-state index in [-0.39, 0.29) is 5.82 Å². The molecule has 1 saturated carbocycles. The van der Waals surface area contributed by atoms with Gasteiger partial charge in [0.1, 0.15) is 5.82 Å². The normalized spacial score (nSPS) is 25.8. The van der Waals surface area contributed by atoms with E-state index >= 15 is 0 Å². The van der Waals surface area contributed by atoms with Crippen LogP contribution < -0.4 is 0 Å². The maximum atomic E-state index is 14.0. The van der Waals surface area contributed by atoms with Crippen molar-refractivity contribution < 1.29 is 4.39 Å². The van der Waals surface area contributed by atoms with Gasteiger partial charge in [-0.05, 0) is 61.8 Å². The first kappa shape index (κ1) is 12.1. The van der Waals surface area contributed by atoms with Crippen LogP contribution in [0.3, 0.4) is 0 Å². The van der Waals surface area contributed by atoms with E-state index in [1.165, 1.54) is 12.8 Å². The van der Waals surface area contributed by atoms with E-state index in [1.807, 2.05) is 13.8 Å². The Kier molecular flexibility index (Phi) is 3.68. The molecule has 2 unspecified atom stereocenters. The molecule has 0 heterocycles. The summed E-state index contributed by atoms with van der Waals surface area (Å²) in [5.74, 6) is 0.392. The molecule has 0 aromatic heterocycles. The molecule has 0 amide bonds. The van der Waals surface area contributed by atoms with Gasteiger partial charge < -0.3 is 0 Å². The monoisotopic (exact) mass is 284 g/mol. The number of alkyl halides is 1. The molecule has 2 heteroatoms. The van der Waals surface area contributed by atoms with Crippen LogP contribution in [-0.2, 0) is 0 Å². The van der Waals surface area contributed by atoms with Crippen molar-refractivity contribution in [1.82, 2.24) is 0 Å². The largest absolute Gasteiger partial charge is 0.207 e. The fourth-order valence-electron chi connectivity index (χ4n) is 2.84. The van der Waals surface area contributed by atoms with Crippen LogP contribution in [0.5, 0.6) is 0 Å². The lowest BCUT2D eigenvalue weighted by Gasteiger charge is -2.27. The molecule has 0 saturated heterocycles. The van der Waals surface area contributed by atoms with Crippen LogP contribution in [0.15, 0.2) is 12.1 Å². The van der Waals surface area contributed by atoms with Gasteiger partial charge in [0, 0.05) is 4.83 Å². The first-order valence-corrected chi connectivity index (χ1v) is 6.90. The predicted octanol–water partition coefficient (Wildman–Crippen LogP) is 4.86. The smallest absolute Gasteiger partial charge is 0.127 e. The van der Waals surface area contributed by atoms with Gasteiger partial charge >= 0.3 is 0 Å². The summed E-state index contributed by atoms with van der Waals surface area (Å²) in [6, 6.07) is 3.76. The molecule has 1 aromatic carbocycles. The van der Waals surface area contributed by atoms with E-state index < -0.39 is 0 Å². The molecule has 2 rings (SSSR count). The van der Waals surface area contributed by atoms with Crippen LogP contribution in [0.25, 0.3) is 0 Å². The zero-order valence-electron chi connectivity index (χ0n) is 9.89. The molecule has 0 spiro atoms. The number of benzene rings is 1. The molecular formula is C14H18BrF. The Morgan fingerprint density at radius 3 is 2.62 bits per heavy atom. The van der Waals surface area contributed by atoms with Gasteiger partial charge in [-0.3, -0.25) is 0 Å².